The molecule has 0 spiro atoms. The fourth-order valence-electron chi connectivity index (χ4n) is 2.41. The summed E-state index contributed by atoms with van der Waals surface area (Å²) in [4.78, 5) is 22.7. The topological polar surface area (TPSA) is 78.4 Å². The number of aliphatic carboxylic acids is 1. The third kappa shape index (κ3) is 5.77. The first-order valence-electron chi connectivity index (χ1n) is 6.88. The van der Waals surface area contributed by atoms with Gasteiger partial charge in [-0.05, 0) is 32.6 Å². The minimum Gasteiger partial charge on any atom is -0.481 e. The maximum atomic E-state index is 11.5. The molecule has 3 N–H and O–H groups in total. The zero-order valence-electron chi connectivity index (χ0n) is 11.7. The highest BCUT2D eigenvalue weighted by atomic mass is 16.4. The summed E-state index contributed by atoms with van der Waals surface area (Å²) in [7, 11) is 0. The van der Waals surface area contributed by atoms with Crippen molar-refractivity contribution in [3.8, 4) is 0 Å². The minimum absolute atomic E-state index is 0.0560. The Labute approximate surface area is 114 Å². The van der Waals surface area contributed by atoms with Crippen LogP contribution >= 0.6 is 0 Å². The monoisotopic (exact) mass is 268 g/mol. The number of allylic oxidation sites excluding steroid dienone is 1. The second-order valence-corrected chi connectivity index (χ2v) is 5.36. The van der Waals surface area contributed by atoms with Crippen LogP contribution in [0.4, 0.5) is 4.79 Å². The Bertz CT molecular complexity index is 349. The van der Waals surface area contributed by atoms with Crippen LogP contribution in [-0.2, 0) is 4.79 Å². The first kappa shape index (κ1) is 15.5. The number of amides is 2. The number of hydrogen-bond donors (Lipinski definition) is 3. The summed E-state index contributed by atoms with van der Waals surface area (Å²) in [6.07, 6.45) is 5.56. The van der Waals surface area contributed by atoms with E-state index in [1.54, 1.807) is 0 Å². The van der Waals surface area contributed by atoms with E-state index in [-0.39, 0.29) is 17.9 Å². The molecule has 1 rings (SSSR count). The van der Waals surface area contributed by atoms with E-state index < -0.39 is 5.97 Å². The summed E-state index contributed by atoms with van der Waals surface area (Å²) < 4.78 is 0. The van der Waals surface area contributed by atoms with Gasteiger partial charge in [-0.25, -0.2) is 4.79 Å². The molecule has 0 aromatic heterocycles. The Kier molecular flexibility index (Phi) is 6.39. The minimum atomic E-state index is -0.739. The summed E-state index contributed by atoms with van der Waals surface area (Å²) in [6, 6.07) is -0.229. The maximum absolute atomic E-state index is 11.5. The molecule has 0 aromatic carbocycles. The lowest BCUT2D eigenvalue weighted by molar-refractivity contribution is -0.144. The molecule has 1 aliphatic rings. The van der Waals surface area contributed by atoms with E-state index in [4.69, 9.17) is 5.11 Å². The van der Waals surface area contributed by atoms with Crippen LogP contribution < -0.4 is 10.6 Å². The first-order valence-corrected chi connectivity index (χ1v) is 6.88. The van der Waals surface area contributed by atoms with Crippen LogP contribution in [0.15, 0.2) is 11.6 Å². The normalized spacial score (nSPS) is 22.4. The van der Waals surface area contributed by atoms with Gasteiger partial charge < -0.3 is 15.7 Å². The van der Waals surface area contributed by atoms with Crippen molar-refractivity contribution in [1.82, 2.24) is 10.6 Å². The van der Waals surface area contributed by atoms with Crippen molar-refractivity contribution in [2.45, 2.75) is 39.5 Å². The third-order valence-electron chi connectivity index (χ3n) is 3.52. The highest BCUT2D eigenvalue weighted by molar-refractivity contribution is 5.74. The number of carbonyl (C=O) groups excluding carboxylic acids is 1. The van der Waals surface area contributed by atoms with Crippen molar-refractivity contribution in [2.75, 3.05) is 13.1 Å². The molecule has 2 amide bonds. The molecular formula is C14H24N2O3. The fourth-order valence-corrected chi connectivity index (χ4v) is 2.41. The smallest absolute Gasteiger partial charge is 0.315 e. The predicted octanol–water partition coefficient (Wildman–Crippen LogP) is 2.14. The maximum Gasteiger partial charge on any atom is 0.315 e. The van der Waals surface area contributed by atoms with Gasteiger partial charge in [0.1, 0.15) is 0 Å². The van der Waals surface area contributed by atoms with E-state index in [1.807, 2.05) is 19.9 Å². The number of rotatable bonds is 5. The molecule has 0 bridgehead atoms. The second-order valence-electron chi connectivity index (χ2n) is 5.36. The molecule has 0 aromatic rings. The summed E-state index contributed by atoms with van der Waals surface area (Å²) in [6.45, 7) is 4.89. The van der Waals surface area contributed by atoms with Gasteiger partial charge in [-0.15, -0.1) is 0 Å². The van der Waals surface area contributed by atoms with Gasteiger partial charge in [-0.2, -0.15) is 0 Å². The largest absolute Gasteiger partial charge is 0.481 e. The quantitative estimate of drug-likeness (QED) is 0.668. The molecule has 0 saturated heterocycles. The van der Waals surface area contributed by atoms with Crippen LogP contribution in [0, 0.1) is 11.8 Å². The van der Waals surface area contributed by atoms with Gasteiger partial charge in [0.15, 0.2) is 0 Å². The van der Waals surface area contributed by atoms with Gasteiger partial charge in [0.05, 0.1) is 5.92 Å². The van der Waals surface area contributed by atoms with E-state index in [1.165, 1.54) is 0 Å². The van der Waals surface area contributed by atoms with Gasteiger partial charge in [0.2, 0.25) is 0 Å². The molecule has 19 heavy (non-hydrogen) atoms. The van der Waals surface area contributed by atoms with Crippen molar-refractivity contribution in [3.63, 3.8) is 0 Å². The van der Waals surface area contributed by atoms with Crippen molar-refractivity contribution >= 4 is 12.0 Å². The van der Waals surface area contributed by atoms with Crippen LogP contribution in [0.2, 0.25) is 0 Å². The predicted molar refractivity (Wildman–Crippen MR) is 73.9 cm³/mol. The average Bonchev–Trinajstić information content (AvgIpc) is 2.36. The Balaban J connectivity index is 2.31. The van der Waals surface area contributed by atoms with Crippen molar-refractivity contribution in [3.05, 3.63) is 11.6 Å². The molecule has 0 aliphatic heterocycles. The van der Waals surface area contributed by atoms with Gasteiger partial charge in [-0.1, -0.05) is 24.5 Å². The Morgan fingerprint density at radius 2 is 1.89 bits per heavy atom. The van der Waals surface area contributed by atoms with Crippen molar-refractivity contribution < 1.29 is 14.7 Å². The van der Waals surface area contributed by atoms with E-state index in [0.29, 0.717) is 13.1 Å². The van der Waals surface area contributed by atoms with Crippen molar-refractivity contribution in [2.24, 2.45) is 11.8 Å². The lowest BCUT2D eigenvalue weighted by Gasteiger charge is -2.28. The molecule has 108 valence electrons. The number of carbonyl (C=O) groups is 2. The molecule has 0 heterocycles. The third-order valence-corrected chi connectivity index (χ3v) is 3.52. The van der Waals surface area contributed by atoms with E-state index in [2.05, 4.69) is 10.6 Å². The van der Waals surface area contributed by atoms with Crippen LogP contribution in [0.1, 0.15) is 39.5 Å². The highest BCUT2D eigenvalue weighted by Gasteiger charge is 2.30. The van der Waals surface area contributed by atoms with Crippen LogP contribution in [0.5, 0.6) is 0 Å². The van der Waals surface area contributed by atoms with Gasteiger partial charge >= 0.3 is 12.0 Å². The number of nitrogens with one attached hydrogen (secondary N) is 2. The number of carboxylic acids is 1. The molecule has 5 heteroatoms. The van der Waals surface area contributed by atoms with Crippen LogP contribution in [-0.4, -0.2) is 30.2 Å². The van der Waals surface area contributed by atoms with Crippen LogP contribution in [0.3, 0.4) is 0 Å². The van der Waals surface area contributed by atoms with E-state index >= 15 is 0 Å². The lowest BCUT2D eigenvalue weighted by Crippen LogP contribution is -2.41. The standard InChI is InChI=1S/C14H24N2O3/c1-10(2)7-8-15-14(19)16-9-11-5-3-4-6-12(11)13(17)18/h7,11-12H,3-6,8-9H2,1-2H3,(H,17,18)(H2,15,16,19). The lowest BCUT2D eigenvalue weighted by atomic mass is 9.79. The Hall–Kier alpha value is -1.52. The number of carboxylic acid groups (broad SMARTS) is 1. The molecule has 1 aliphatic carbocycles. The van der Waals surface area contributed by atoms with E-state index in [0.717, 1.165) is 31.3 Å². The Morgan fingerprint density at radius 1 is 1.21 bits per heavy atom. The highest BCUT2D eigenvalue weighted by Crippen LogP contribution is 2.29. The number of hydrogen-bond acceptors (Lipinski definition) is 2. The summed E-state index contributed by atoms with van der Waals surface area (Å²) in [5.41, 5.74) is 1.15. The zero-order valence-corrected chi connectivity index (χ0v) is 11.7. The molecule has 0 radical (unpaired) electrons. The van der Waals surface area contributed by atoms with E-state index in [9.17, 15) is 9.59 Å². The fraction of sp³-hybridized carbons (Fsp3) is 0.714. The molecule has 1 fully saturated rings. The average molecular weight is 268 g/mol. The molecular weight excluding hydrogens is 244 g/mol. The molecule has 2 atom stereocenters. The summed E-state index contributed by atoms with van der Waals surface area (Å²) in [5, 5.41) is 14.6. The Morgan fingerprint density at radius 3 is 2.53 bits per heavy atom. The van der Waals surface area contributed by atoms with Gasteiger partial charge in [-0.3, -0.25) is 4.79 Å². The van der Waals surface area contributed by atoms with Crippen molar-refractivity contribution in [1.29, 1.82) is 0 Å². The second kappa shape index (κ2) is 7.81. The van der Waals surface area contributed by atoms with Crippen LogP contribution in [0.25, 0.3) is 0 Å². The number of urea groups is 1. The summed E-state index contributed by atoms with van der Waals surface area (Å²) in [5.74, 6) is -0.997. The summed E-state index contributed by atoms with van der Waals surface area (Å²) >= 11 is 0. The first-order chi connectivity index (χ1) is 9.00. The molecule has 2 unspecified atom stereocenters. The van der Waals surface area contributed by atoms with Gasteiger partial charge in [0.25, 0.3) is 0 Å². The molecule has 5 nitrogen and oxygen atoms in total. The molecule has 1 saturated carbocycles. The zero-order chi connectivity index (χ0) is 14.3. The van der Waals surface area contributed by atoms with Gasteiger partial charge in [0, 0.05) is 13.1 Å². The SMILES string of the molecule is CC(C)=CCNC(=O)NCC1CCCCC1C(=O)O.